The zero-order valence-electron chi connectivity index (χ0n) is 23.9. The molecule has 11 heteroatoms. The van der Waals surface area contributed by atoms with E-state index in [1.807, 2.05) is 44.2 Å². The highest BCUT2D eigenvalue weighted by Crippen LogP contribution is 2.09. The molecule has 0 unspecified atom stereocenters. The third-order valence-corrected chi connectivity index (χ3v) is 6.86. The molecule has 5 amide bonds. The van der Waals surface area contributed by atoms with Crippen LogP contribution in [0.5, 0.6) is 0 Å². The average molecular weight is 565 g/mol. The predicted octanol–water partition coefficient (Wildman–Crippen LogP) is 1.20. The van der Waals surface area contributed by atoms with Crippen molar-refractivity contribution in [3.8, 4) is 0 Å². The van der Waals surface area contributed by atoms with Gasteiger partial charge in [-0.05, 0) is 43.4 Å². The number of nitrogens with one attached hydrogen (secondary N) is 4. The van der Waals surface area contributed by atoms with Gasteiger partial charge in [0, 0.05) is 44.9 Å². The molecule has 1 aromatic carbocycles. The summed E-state index contributed by atoms with van der Waals surface area (Å²) in [7, 11) is 0. The van der Waals surface area contributed by atoms with Crippen molar-refractivity contribution < 1.29 is 24.0 Å². The summed E-state index contributed by atoms with van der Waals surface area (Å²) in [5.74, 6) is -2.12. The van der Waals surface area contributed by atoms with Crippen LogP contribution < -0.4 is 21.3 Å². The van der Waals surface area contributed by atoms with Crippen molar-refractivity contribution >= 4 is 29.5 Å². The van der Waals surface area contributed by atoms with Crippen LogP contribution in [0.3, 0.4) is 0 Å². The number of amides is 5. The zero-order chi connectivity index (χ0) is 29.8. The topological polar surface area (TPSA) is 150 Å². The Labute approximate surface area is 240 Å². The lowest BCUT2D eigenvalue weighted by Crippen LogP contribution is -2.57. The number of nitrogens with zero attached hydrogens (tertiary/aromatic N) is 2. The molecule has 2 heterocycles. The van der Waals surface area contributed by atoms with Crippen LogP contribution in [-0.4, -0.2) is 77.2 Å². The van der Waals surface area contributed by atoms with Crippen molar-refractivity contribution in [2.45, 2.75) is 64.6 Å². The molecule has 0 bridgehead atoms. The summed E-state index contributed by atoms with van der Waals surface area (Å²) in [5, 5.41) is 11.1. The van der Waals surface area contributed by atoms with E-state index in [1.54, 1.807) is 23.2 Å². The molecule has 1 fully saturated rings. The van der Waals surface area contributed by atoms with Gasteiger partial charge in [-0.15, -0.1) is 0 Å². The van der Waals surface area contributed by atoms with E-state index >= 15 is 0 Å². The molecule has 220 valence electrons. The van der Waals surface area contributed by atoms with Crippen molar-refractivity contribution in [2.75, 3.05) is 19.6 Å². The van der Waals surface area contributed by atoms with Crippen LogP contribution in [0.25, 0.3) is 0 Å². The Balaban J connectivity index is 1.81. The molecule has 4 N–H and O–H groups in total. The summed E-state index contributed by atoms with van der Waals surface area (Å²) in [5.41, 5.74) is 1.27. The van der Waals surface area contributed by atoms with Gasteiger partial charge in [0.05, 0.1) is 5.56 Å². The molecule has 1 aliphatic rings. The van der Waals surface area contributed by atoms with Gasteiger partial charge in [0.15, 0.2) is 0 Å². The second kappa shape index (κ2) is 15.5. The number of pyridine rings is 1. The van der Waals surface area contributed by atoms with Gasteiger partial charge in [0.2, 0.25) is 23.6 Å². The van der Waals surface area contributed by atoms with Crippen LogP contribution in [0.15, 0.2) is 54.9 Å². The van der Waals surface area contributed by atoms with Crippen LogP contribution in [0.4, 0.5) is 0 Å². The lowest BCUT2D eigenvalue weighted by atomic mass is 10.0. The van der Waals surface area contributed by atoms with Crippen LogP contribution in [0.1, 0.15) is 56.0 Å². The molecule has 3 rings (SSSR count). The van der Waals surface area contributed by atoms with Gasteiger partial charge in [-0.25, -0.2) is 0 Å². The predicted molar refractivity (Wildman–Crippen MR) is 153 cm³/mol. The normalized spacial score (nSPS) is 22.0. The van der Waals surface area contributed by atoms with Crippen molar-refractivity contribution in [2.24, 2.45) is 5.92 Å². The molecule has 1 aromatic heterocycles. The standard InChI is InChI=1S/C30H40N6O5/c1-20(2)26-29(40)32-15-9-17-36(30(41)23-12-7-14-31-19-23)16-8-13-25(37)34-24(18-22-10-5-4-6-11-22)28(39)33-21(3)27(38)35-26/h4-7,10-12,14,19-21,24,26H,8-9,13,15-18H2,1-3H3,(H,32,40)(H,33,39)(H,34,37)(H,35,38)/t21-,24+,26-/m1/s1. The van der Waals surface area contributed by atoms with Gasteiger partial charge in [0.1, 0.15) is 18.1 Å². The fourth-order valence-corrected chi connectivity index (χ4v) is 4.53. The zero-order valence-corrected chi connectivity index (χ0v) is 23.9. The summed E-state index contributed by atoms with van der Waals surface area (Å²) in [6.07, 6.45) is 4.26. The van der Waals surface area contributed by atoms with Crippen LogP contribution >= 0.6 is 0 Å². The highest BCUT2D eigenvalue weighted by molar-refractivity contribution is 5.95. The van der Waals surface area contributed by atoms with Crippen LogP contribution in [-0.2, 0) is 25.6 Å². The summed E-state index contributed by atoms with van der Waals surface area (Å²) >= 11 is 0. The van der Waals surface area contributed by atoms with Crippen molar-refractivity contribution in [3.63, 3.8) is 0 Å². The third-order valence-electron chi connectivity index (χ3n) is 6.86. The molecule has 0 spiro atoms. The summed E-state index contributed by atoms with van der Waals surface area (Å²) < 4.78 is 0. The number of hydrogen-bond acceptors (Lipinski definition) is 6. The minimum atomic E-state index is -0.933. The molecule has 1 aliphatic heterocycles. The number of carbonyl (C=O) groups is 5. The largest absolute Gasteiger partial charge is 0.354 e. The summed E-state index contributed by atoms with van der Waals surface area (Å²) in [6.45, 7) is 6.13. The Morgan fingerprint density at radius 2 is 1.66 bits per heavy atom. The van der Waals surface area contributed by atoms with E-state index in [0.717, 1.165) is 5.56 Å². The molecule has 2 aromatic rings. The minimum Gasteiger partial charge on any atom is -0.354 e. The van der Waals surface area contributed by atoms with Gasteiger partial charge in [-0.2, -0.15) is 0 Å². The van der Waals surface area contributed by atoms with Crippen LogP contribution in [0, 0.1) is 5.92 Å². The smallest absolute Gasteiger partial charge is 0.255 e. The summed E-state index contributed by atoms with van der Waals surface area (Å²) in [6, 6.07) is 9.96. The SMILES string of the molecule is CC(C)[C@H]1NC(=O)[C@@H](C)NC(=O)[C@H](Cc2ccccc2)NC(=O)CCCN(C(=O)c2cccnc2)CCCNC1=O. The number of hydrogen-bond donors (Lipinski definition) is 4. The quantitative estimate of drug-likeness (QED) is 0.438. The summed E-state index contributed by atoms with van der Waals surface area (Å²) in [4.78, 5) is 70.9. The van der Waals surface area contributed by atoms with E-state index in [4.69, 9.17) is 0 Å². The molecule has 0 radical (unpaired) electrons. The van der Waals surface area contributed by atoms with E-state index in [2.05, 4.69) is 26.3 Å². The number of carbonyl (C=O) groups excluding carboxylic acids is 5. The first-order valence-electron chi connectivity index (χ1n) is 14.1. The van der Waals surface area contributed by atoms with Crippen molar-refractivity contribution in [1.29, 1.82) is 0 Å². The minimum absolute atomic E-state index is 0.0955. The van der Waals surface area contributed by atoms with Gasteiger partial charge in [-0.1, -0.05) is 44.2 Å². The Bertz CT molecular complexity index is 1190. The molecule has 0 aliphatic carbocycles. The van der Waals surface area contributed by atoms with E-state index in [-0.39, 0.29) is 36.5 Å². The van der Waals surface area contributed by atoms with Crippen LogP contribution in [0.2, 0.25) is 0 Å². The molecule has 0 saturated carbocycles. The fraction of sp³-hybridized carbons (Fsp3) is 0.467. The fourth-order valence-electron chi connectivity index (χ4n) is 4.53. The van der Waals surface area contributed by atoms with E-state index in [9.17, 15) is 24.0 Å². The van der Waals surface area contributed by atoms with Gasteiger partial charge in [0.25, 0.3) is 5.91 Å². The first-order chi connectivity index (χ1) is 19.7. The molecular weight excluding hydrogens is 524 g/mol. The van der Waals surface area contributed by atoms with Gasteiger partial charge in [-0.3, -0.25) is 29.0 Å². The Morgan fingerprint density at radius 3 is 2.34 bits per heavy atom. The molecule has 41 heavy (non-hydrogen) atoms. The van der Waals surface area contributed by atoms with E-state index < -0.39 is 29.9 Å². The first kappa shape index (κ1) is 31.3. The third kappa shape index (κ3) is 9.70. The maximum absolute atomic E-state index is 13.2. The van der Waals surface area contributed by atoms with Crippen molar-refractivity contribution in [3.05, 3.63) is 66.0 Å². The molecule has 1 saturated heterocycles. The molecule has 3 atom stereocenters. The number of aromatic nitrogens is 1. The second-order valence-corrected chi connectivity index (χ2v) is 10.6. The highest BCUT2D eigenvalue weighted by atomic mass is 16.2. The molecular formula is C30H40N6O5. The van der Waals surface area contributed by atoms with Gasteiger partial charge < -0.3 is 26.2 Å². The maximum atomic E-state index is 13.2. The number of benzene rings is 1. The van der Waals surface area contributed by atoms with E-state index in [0.29, 0.717) is 38.0 Å². The Morgan fingerprint density at radius 1 is 0.927 bits per heavy atom. The molecule has 11 nitrogen and oxygen atoms in total. The Kier molecular flexibility index (Phi) is 11.8. The average Bonchev–Trinajstić information content (AvgIpc) is 2.96. The highest BCUT2D eigenvalue weighted by Gasteiger charge is 2.29. The monoisotopic (exact) mass is 564 g/mol. The Hall–Kier alpha value is -4.28. The second-order valence-electron chi connectivity index (χ2n) is 10.6. The van der Waals surface area contributed by atoms with Gasteiger partial charge >= 0.3 is 0 Å². The van der Waals surface area contributed by atoms with Crippen molar-refractivity contribution in [1.82, 2.24) is 31.2 Å². The lowest BCUT2D eigenvalue weighted by Gasteiger charge is -2.26. The lowest BCUT2D eigenvalue weighted by molar-refractivity contribution is -0.134. The first-order valence-corrected chi connectivity index (χ1v) is 14.1. The number of rotatable bonds is 4. The maximum Gasteiger partial charge on any atom is 0.255 e. The van der Waals surface area contributed by atoms with E-state index in [1.165, 1.54) is 13.1 Å².